The van der Waals surface area contributed by atoms with Crippen LogP contribution in [0.15, 0.2) is 24.3 Å². The fourth-order valence-corrected chi connectivity index (χ4v) is 1.70. The van der Waals surface area contributed by atoms with E-state index in [1.54, 1.807) is 0 Å². The van der Waals surface area contributed by atoms with E-state index in [4.69, 9.17) is 16.3 Å². The van der Waals surface area contributed by atoms with Crippen LogP contribution >= 0.6 is 11.6 Å². The van der Waals surface area contributed by atoms with Crippen LogP contribution in [-0.2, 0) is 0 Å². The molecular formula is C13H16ClN5O. The van der Waals surface area contributed by atoms with Gasteiger partial charge in [0.25, 0.3) is 0 Å². The van der Waals surface area contributed by atoms with E-state index in [-0.39, 0.29) is 11.3 Å². The molecule has 2 rings (SSSR count). The fourth-order valence-electron chi connectivity index (χ4n) is 1.55. The maximum Gasteiger partial charge on any atom is 0.328 e. The van der Waals surface area contributed by atoms with Gasteiger partial charge in [-0.2, -0.15) is 15.0 Å². The van der Waals surface area contributed by atoms with Crippen molar-refractivity contribution in [2.45, 2.75) is 6.92 Å². The molecule has 0 bridgehead atoms. The van der Waals surface area contributed by atoms with Crippen molar-refractivity contribution in [1.82, 2.24) is 15.0 Å². The van der Waals surface area contributed by atoms with Crippen LogP contribution in [0.1, 0.15) is 6.92 Å². The Balaban J connectivity index is 2.23. The number of aromatic nitrogens is 3. The summed E-state index contributed by atoms with van der Waals surface area (Å²) in [5.74, 6) is 1.03. The molecular weight excluding hydrogens is 278 g/mol. The van der Waals surface area contributed by atoms with Crippen molar-refractivity contribution in [2.75, 3.05) is 30.9 Å². The lowest BCUT2D eigenvalue weighted by Crippen LogP contribution is -2.08. The quantitative estimate of drug-likeness (QED) is 0.914. The van der Waals surface area contributed by atoms with E-state index < -0.39 is 0 Å². The lowest BCUT2D eigenvalue weighted by molar-refractivity contribution is 0.440. The standard InChI is InChI=1S/C13H16ClN5O/c1-4-15-12-16-11(14)17-13(18-12)20-10-7-5-6-9(8-10)19(2)3/h5-8H,4H2,1-3H3,(H,15,16,17,18). The van der Waals surface area contributed by atoms with E-state index in [2.05, 4.69) is 20.3 Å². The van der Waals surface area contributed by atoms with Crippen molar-refractivity contribution >= 4 is 23.2 Å². The van der Waals surface area contributed by atoms with E-state index in [0.717, 1.165) is 5.69 Å². The molecule has 0 saturated carbocycles. The number of hydrogen-bond acceptors (Lipinski definition) is 6. The van der Waals surface area contributed by atoms with Crippen molar-refractivity contribution in [3.05, 3.63) is 29.5 Å². The first-order valence-electron chi connectivity index (χ1n) is 6.19. The van der Waals surface area contributed by atoms with Gasteiger partial charge in [0.2, 0.25) is 11.2 Å². The van der Waals surface area contributed by atoms with Crippen LogP contribution in [-0.4, -0.2) is 35.6 Å². The summed E-state index contributed by atoms with van der Waals surface area (Å²) in [6.07, 6.45) is 0. The molecule has 0 spiro atoms. The third kappa shape index (κ3) is 3.71. The van der Waals surface area contributed by atoms with Crippen LogP contribution < -0.4 is 15.0 Å². The van der Waals surface area contributed by atoms with Gasteiger partial charge in [-0.3, -0.25) is 0 Å². The van der Waals surface area contributed by atoms with Crippen LogP contribution in [0.25, 0.3) is 0 Å². The monoisotopic (exact) mass is 293 g/mol. The zero-order chi connectivity index (χ0) is 14.5. The molecule has 20 heavy (non-hydrogen) atoms. The van der Waals surface area contributed by atoms with Crippen molar-refractivity contribution < 1.29 is 4.74 Å². The maximum absolute atomic E-state index is 5.84. The molecule has 6 nitrogen and oxygen atoms in total. The molecule has 1 N–H and O–H groups in total. The molecule has 0 atom stereocenters. The van der Waals surface area contributed by atoms with Crippen molar-refractivity contribution in [1.29, 1.82) is 0 Å². The van der Waals surface area contributed by atoms with Gasteiger partial charge in [-0.15, -0.1) is 0 Å². The molecule has 0 aliphatic carbocycles. The van der Waals surface area contributed by atoms with Gasteiger partial charge in [0.05, 0.1) is 0 Å². The lowest BCUT2D eigenvalue weighted by Gasteiger charge is -2.13. The molecule has 0 aliphatic heterocycles. The largest absolute Gasteiger partial charge is 0.424 e. The fraction of sp³-hybridized carbons (Fsp3) is 0.308. The van der Waals surface area contributed by atoms with Crippen LogP contribution in [0, 0.1) is 0 Å². The summed E-state index contributed by atoms with van der Waals surface area (Å²) < 4.78 is 5.62. The van der Waals surface area contributed by atoms with Crippen molar-refractivity contribution in [3.63, 3.8) is 0 Å². The van der Waals surface area contributed by atoms with Gasteiger partial charge < -0.3 is 15.0 Å². The third-order valence-corrected chi connectivity index (χ3v) is 2.63. The van der Waals surface area contributed by atoms with Crippen LogP contribution in [0.5, 0.6) is 11.8 Å². The number of ether oxygens (including phenoxy) is 1. The second kappa shape index (κ2) is 6.38. The summed E-state index contributed by atoms with van der Waals surface area (Å²) >= 11 is 5.84. The molecule has 1 heterocycles. The van der Waals surface area contributed by atoms with Gasteiger partial charge >= 0.3 is 6.01 Å². The molecule has 1 aromatic heterocycles. The third-order valence-electron chi connectivity index (χ3n) is 2.47. The van der Waals surface area contributed by atoms with E-state index in [9.17, 15) is 0 Å². The summed E-state index contributed by atoms with van der Waals surface area (Å²) in [4.78, 5) is 14.0. The average Bonchev–Trinajstić information content (AvgIpc) is 2.38. The molecule has 0 aliphatic rings. The Bertz CT molecular complexity index is 591. The van der Waals surface area contributed by atoms with Gasteiger partial charge in [-0.25, -0.2) is 0 Å². The molecule has 0 amide bonds. The Labute approximate surface area is 122 Å². The first-order chi connectivity index (χ1) is 9.58. The smallest absolute Gasteiger partial charge is 0.328 e. The number of nitrogens with zero attached hydrogens (tertiary/aromatic N) is 4. The SMILES string of the molecule is CCNc1nc(Cl)nc(Oc2cccc(N(C)C)c2)n1. The second-order valence-corrected chi connectivity index (χ2v) is 4.57. The predicted octanol–water partition coefficient (Wildman–Crippen LogP) is 2.82. The lowest BCUT2D eigenvalue weighted by atomic mass is 10.3. The molecule has 106 valence electrons. The number of benzene rings is 1. The van der Waals surface area contributed by atoms with Crippen LogP contribution in [0.4, 0.5) is 11.6 Å². The number of halogens is 1. The number of rotatable bonds is 5. The molecule has 0 fully saturated rings. The molecule has 7 heteroatoms. The number of nitrogens with one attached hydrogen (secondary N) is 1. The Morgan fingerprint density at radius 3 is 2.75 bits per heavy atom. The predicted molar refractivity (Wildman–Crippen MR) is 79.8 cm³/mol. The van der Waals surface area contributed by atoms with Crippen molar-refractivity contribution in [3.8, 4) is 11.8 Å². The first kappa shape index (κ1) is 14.3. The van der Waals surface area contributed by atoms with Gasteiger partial charge in [-0.05, 0) is 30.7 Å². The van der Waals surface area contributed by atoms with Crippen LogP contribution in [0.3, 0.4) is 0 Å². The second-order valence-electron chi connectivity index (χ2n) is 4.23. The Morgan fingerprint density at radius 2 is 2.05 bits per heavy atom. The highest BCUT2D eigenvalue weighted by Crippen LogP contribution is 2.24. The Morgan fingerprint density at radius 1 is 1.25 bits per heavy atom. The van der Waals surface area contributed by atoms with Crippen LogP contribution in [0.2, 0.25) is 5.28 Å². The molecule has 0 saturated heterocycles. The van der Waals surface area contributed by atoms with Gasteiger partial charge in [-0.1, -0.05) is 6.07 Å². The maximum atomic E-state index is 5.84. The Kier molecular flexibility index (Phi) is 4.57. The van der Waals surface area contributed by atoms with Crippen molar-refractivity contribution in [2.24, 2.45) is 0 Å². The molecule has 1 aromatic carbocycles. The number of hydrogen-bond donors (Lipinski definition) is 1. The molecule has 2 aromatic rings. The number of anilines is 2. The van der Waals surface area contributed by atoms with E-state index in [1.807, 2.05) is 50.2 Å². The zero-order valence-corrected chi connectivity index (χ0v) is 12.3. The highest BCUT2D eigenvalue weighted by Gasteiger charge is 2.07. The minimum Gasteiger partial charge on any atom is -0.424 e. The molecule has 0 radical (unpaired) electrons. The van der Waals surface area contributed by atoms with Gasteiger partial charge in [0.1, 0.15) is 5.75 Å². The summed E-state index contributed by atoms with van der Waals surface area (Å²) in [7, 11) is 3.92. The first-order valence-corrected chi connectivity index (χ1v) is 6.57. The summed E-state index contributed by atoms with van der Waals surface area (Å²) in [6.45, 7) is 2.63. The Hall–Kier alpha value is -2.08. The molecule has 0 unspecified atom stereocenters. The zero-order valence-electron chi connectivity index (χ0n) is 11.6. The van der Waals surface area contributed by atoms with Gasteiger partial charge in [0, 0.05) is 32.4 Å². The average molecular weight is 294 g/mol. The van der Waals surface area contributed by atoms with E-state index in [0.29, 0.717) is 18.2 Å². The summed E-state index contributed by atoms with van der Waals surface area (Å²) in [5, 5.41) is 3.06. The summed E-state index contributed by atoms with van der Waals surface area (Å²) in [5.41, 5.74) is 1.02. The normalized spacial score (nSPS) is 10.2. The topological polar surface area (TPSA) is 63.2 Å². The highest BCUT2D eigenvalue weighted by atomic mass is 35.5. The minimum absolute atomic E-state index is 0.0923. The van der Waals surface area contributed by atoms with E-state index >= 15 is 0 Å². The van der Waals surface area contributed by atoms with E-state index in [1.165, 1.54) is 0 Å². The van der Waals surface area contributed by atoms with Gasteiger partial charge in [0.15, 0.2) is 0 Å². The minimum atomic E-state index is 0.0923. The highest BCUT2D eigenvalue weighted by molar-refractivity contribution is 6.28. The summed E-state index contributed by atoms with van der Waals surface area (Å²) in [6, 6.07) is 7.77.